The monoisotopic (exact) mass is 304 g/mol. The number of H-pyrrole nitrogens is 1. The van der Waals surface area contributed by atoms with E-state index in [0.717, 1.165) is 22.5 Å². The molecule has 6 heteroatoms. The van der Waals surface area contributed by atoms with Crippen LogP contribution >= 0.6 is 12.2 Å². The van der Waals surface area contributed by atoms with Crippen LogP contribution in [0.1, 0.15) is 22.5 Å². The van der Waals surface area contributed by atoms with Gasteiger partial charge in [0.05, 0.1) is 6.21 Å². The van der Waals surface area contributed by atoms with Crippen molar-refractivity contribution in [1.29, 1.82) is 0 Å². The lowest BCUT2D eigenvalue weighted by atomic mass is 10.2. The van der Waals surface area contributed by atoms with Crippen LogP contribution in [0.2, 0.25) is 0 Å². The van der Waals surface area contributed by atoms with Crippen molar-refractivity contribution in [3.63, 3.8) is 0 Å². The average molecular weight is 304 g/mol. The third-order valence-electron chi connectivity index (χ3n) is 2.93. The van der Waals surface area contributed by atoms with Gasteiger partial charge in [0.2, 0.25) is 0 Å². The number of nitrogens with zero attached hydrogens (tertiary/aromatic N) is 1. The lowest BCUT2D eigenvalue weighted by Crippen LogP contribution is -2.31. The molecule has 0 aliphatic rings. The van der Waals surface area contributed by atoms with Gasteiger partial charge < -0.3 is 10.3 Å². The quantitative estimate of drug-likeness (QED) is 0.462. The second kappa shape index (κ2) is 6.99. The van der Waals surface area contributed by atoms with Crippen molar-refractivity contribution in [1.82, 2.24) is 15.7 Å². The molecule has 4 nitrogen and oxygen atoms in total. The minimum absolute atomic E-state index is 0.249. The molecule has 0 saturated carbocycles. The largest absolute Gasteiger partial charge is 0.362 e. The Labute approximate surface area is 128 Å². The maximum atomic E-state index is 12.8. The Morgan fingerprint density at radius 1 is 1.33 bits per heavy atom. The topological polar surface area (TPSA) is 52.2 Å². The van der Waals surface area contributed by atoms with Crippen molar-refractivity contribution in [3.8, 4) is 0 Å². The number of hydrogen-bond donors (Lipinski definition) is 3. The Kier molecular flexibility index (Phi) is 5.05. The highest BCUT2D eigenvalue weighted by Crippen LogP contribution is 2.05. The van der Waals surface area contributed by atoms with Gasteiger partial charge in [0, 0.05) is 23.5 Å². The summed E-state index contributed by atoms with van der Waals surface area (Å²) in [6.07, 6.45) is 1.71. The number of nitrogens with one attached hydrogen (secondary N) is 3. The van der Waals surface area contributed by atoms with Crippen LogP contribution in [0.25, 0.3) is 0 Å². The van der Waals surface area contributed by atoms with Crippen LogP contribution in [-0.4, -0.2) is 16.3 Å². The molecule has 1 heterocycles. The van der Waals surface area contributed by atoms with Crippen LogP contribution in [0.15, 0.2) is 35.4 Å². The third-order valence-corrected chi connectivity index (χ3v) is 3.16. The molecule has 0 atom stereocenters. The molecule has 0 bridgehead atoms. The first-order chi connectivity index (χ1) is 10.0. The Hall–Kier alpha value is -2.21. The maximum absolute atomic E-state index is 12.8. The van der Waals surface area contributed by atoms with Crippen molar-refractivity contribution >= 4 is 23.5 Å². The number of hydrazone groups is 1. The molecule has 110 valence electrons. The molecule has 0 fully saturated rings. The molecular weight excluding hydrogens is 287 g/mol. The smallest absolute Gasteiger partial charge is 0.187 e. The van der Waals surface area contributed by atoms with Crippen LogP contribution in [0.3, 0.4) is 0 Å². The predicted octanol–water partition coefficient (Wildman–Crippen LogP) is 2.77. The van der Waals surface area contributed by atoms with E-state index in [1.54, 1.807) is 18.3 Å². The third kappa shape index (κ3) is 4.68. The van der Waals surface area contributed by atoms with Gasteiger partial charge in [0.1, 0.15) is 5.82 Å². The highest BCUT2D eigenvalue weighted by Gasteiger charge is 1.99. The summed E-state index contributed by atoms with van der Waals surface area (Å²) in [5, 5.41) is 7.50. The Balaban J connectivity index is 1.79. The van der Waals surface area contributed by atoms with Gasteiger partial charge in [-0.1, -0.05) is 12.1 Å². The molecule has 3 N–H and O–H groups in total. The average Bonchev–Trinajstić information content (AvgIpc) is 2.76. The zero-order chi connectivity index (χ0) is 15.2. The summed E-state index contributed by atoms with van der Waals surface area (Å²) in [6.45, 7) is 4.50. The SMILES string of the molecule is Cc1cc(/C=N/NC(=S)NCc2ccc(F)cc2)c(C)[nH]1. The van der Waals surface area contributed by atoms with Gasteiger partial charge in [-0.3, -0.25) is 5.43 Å². The number of aromatic amines is 1. The van der Waals surface area contributed by atoms with Gasteiger partial charge in [-0.25, -0.2) is 4.39 Å². The lowest BCUT2D eigenvalue weighted by molar-refractivity contribution is 0.626. The number of aromatic nitrogens is 1. The fourth-order valence-corrected chi connectivity index (χ4v) is 1.99. The summed E-state index contributed by atoms with van der Waals surface area (Å²) in [7, 11) is 0. The minimum Gasteiger partial charge on any atom is -0.362 e. The van der Waals surface area contributed by atoms with Crippen molar-refractivity contribution in [3.05, 3.63) is 58.7 Å². The van der Waals surface area contributed by atoms with Crippen LogP contribution in [0, 0.1) is 19.7 Å². The molecule has 2 aromatic rings. The standard InChI is InChI=1S/C15H17FN4S/c1-10-7-13(11(2)19-10)9-18-20-15(21)17-8-12-3-5-14(16)6-4-12/h3-7,9,19H,8H2,1-2H3,(H2,17,20,21)/b18-9+. The first kappa shape index (κ1) is 15.2. The summed E-state index contributed by atoms with van der Waals surface area (Å²) in [5.41, 5.74) is 6.86. The van der Waals surface area contributed by atoms with Gasteiger partial charge in [-0.15, -0.1) is 0 Å². The van der Waals surface area contributed by atoms with Crippen molar-refractivity contribution in [2.45, 2.75) is 20.4 Å². The molecule has 0 aliphatic heterocycles. The number of aryl methyl sites for hydroxylation is 2. The minimum atomic E-state index is -0.249. The van der Waals surface area contributed by atoms with E-state index in [1.807, 2.05) is 19.9 Å². The van der Waals surface area contributed by atoms with E-state index in [0.29, 0.717) is 11.7 Å². The van der Waals surface area contributed by atoms with Gasteiger partial charge in [0.15, 0.2) is 5.11 Å². The number of hydrogen-bond acceptors (Lipinski definition) is 2. The van der Waals surface area contributed by atoms with Gasteiger partial charge in [0.25, 0.3) is 0 Å². The van der Waals surface area contributed by atoms with E-state index in [2.05, 4.69) is 20.8 Å². The van der Waals surface area contributed by atoms with E-state index in [-0.39, 0.29) is 5.82 Å². The lowest BCUT2D eigenvalue weighted by Gasteiger charge is -2.06. The molecule has 0 saturated heterocycles. The zero-order valence-corrected chi connectivity index (χ0v) is 12.7. The Bertz CT molecular complexity index is 646. The van der Waals surface area contributed by atoms with Gasteiger partial charge in [-0.2, -0.15) is 5.10 Å². The van der Waals surface area contributed by atoms with Crippen LogP contribution < -0.4 is 10.7 Å². The molecule has 2 rings (SSSR count). The van der Waals surface area contributed by atoms with Crippen LogP contribution in [0.4, 0.5) is 4.39 Å². The summed E-state index contributed by atoms with van der Waals surface area (Å²) in [4.78, 5) is 3.20. The number of benzene rings is 1. The predicted molar refractivity (Wildman–Crippen MR) is 86.8 cm³/mol. The normalized spacial score (nSPS) is 10.8. The second-order valence-electron chi connectivity index (χ2n) is 4.71. The van der Waals surface area contributed by atoms with E-state index in [4.69, 9.17) is 12.2 Å². The van der Waals surface area contributed by atoms with Crippen LogP contribution in [-0.2, 0) is 6.54 Å². The first-order valence-corrected chi connectivity index (χ1v) is 6.93. The zero-order valence-electron chi connectivity index (χ0n) is 11.9. The summed E-state index contributed by atoms with van der Waals surface area (Å²) in [5.74, 6) is -0.249. The highest BCUT2D eigenvalue weighted by atomic mass is 32.1. The fourth-order valence-electron chi connectivity index (χ4n) is 1.86. The maximum Gasteiger partial charge on any atom is 0.187 e. The molecule has 0 aliphatic carbocycles. The highest BCUT2D eigenvalue weighted by molar-refractivity contribution is 7.80. The first-order valence-electron chi connectivity index (χ1n) is 6.52. The fraction of sp³-hybridized carbons (Fsp3) is 0.200. The van der Waals surface area contributed by atoms with E-state index in [1.165, 1.54) is 12.1 Å². The molecule has 0 amide bonds. The van der Waals surface area contributed by atoms with E-state index >= 15 is 0 Å². The number of rotatable bonds is 4. The summed E-state index contributed by atoms with van der Waals surface area (Å²) >= 11 is 5.11. The molecule has 0 spiro atoms. The molecule has 0 radical (unpaired) electrons. The van der Waals surface area contributed by atoms with Crippen molar-refractivity contribution in [2.24, 2.45) is 5.10 Å². The van der Waals surface area contributed by atoms with E-state index < -0.39 is 0 Å². The molecule has 21 heavy (non-hydrogen) atoms. The molecule has 1 aromatic carbocycles. The second-order valence-corrected chi connectivity index (χ2v) is 5.12. The Morgan fingerprint density at radius 2 is 2.05 bits per heavy atom. The Morgan fingerprint density at radius 3 is 2.67 bits per heavy atom. The van der Waals surface area contributed by atoms with Crippen molar-refractivity contribution in [2.75, 3.05) is 0 Å². The summed E-state index contributed by atoms with van der Waals surface area (Å²) in [6, 6.07) is 8.27. The van der Waals surface area contributed by atoms with Gasteiger partial charge >= 0.3 is 0 Å². The molecule has 0 unspecified atom stereocenters. The molecular formula is C15H17FN4S. The van der Waals surface area contributed by atoms with Crippen molar-refractivity contribution < 1.29 is 4.39 Å². The van der Waals surface area contributed by atoms with E-state index in [9.17, 15) is 4.39 Å². The number of thiocarbonyl (C=S) groups is 1. The number of halogens is 1. The summed E-state index contributed by atoms with van der Waals surface area (Å²) < 4.78 is 12.8. The molecule has 1 aromatic heterocycles. The van der Waals surface area contributed by atoms with Gasteiger partial charge in [-0.05, 0) is 49.8 Å². The van der Waals surface area contributed by atoms with Crippen LogP contribution in [0.5, 0.6) is 0 Å².